The summed E-state index contributed by atoms with van der Waals surface area (Å²) in [6.45, 7) is 0. The standard InChI is InChI=1S/C10H7BrN4OS/c1-15-9(16)13-14-10(15)17-8-3-2-7(11)4-6(8)5-12/h2-4H,1H3,(H,13,16). The minimum atomic E-state index is -0.275. The fourth-order valence-corrected chi connectivity index (χ4v) is 2.42. The largest absolute Gasteiger partial charge is 0.343 e. The van der Waals surface area contributed by atoms with Crippen molar-refractivity contribution in [3.05, 3.63) is 38.7 Å². The Hall–Kier alpha value is -1.52. The van der Waals surface area contributed by atoms with Crippen LogP contribution in [0.15, 0.2) is 37.5 Å². The highest BCUT2D eigenvalue weighted by Gasteiger charge is 2.10. The maximum atomic E-state index is 11.2. The van der Waals surface area contributed by atoms with E-state index in [1.807, 2.05) is 12.1 Å². The molecule has 0 aliphatic rings. The molecule has 1 aromatic carbocycles. The van der Waals surface area contributed by atoms with Gasteiger partial charge in [0.25, 0.3) is 0 Å². The summed E-state index contributed by atoms with van der Waals surface area (Å²) in [4.78, 5) is 12.0. The van der Waals surface area contributed by atoms with Crippen LogP contribution >= 0.6 is 27.7 Å². The van der Waals surface area contributed by atoms with Crippen molar-refractivity contribution >= 4 is 27.7 Å². The molecule has 0 unspecified atom stereocenters. The van der Waals surface area contributed by atoms with Crippen LogP contribution in [0.25, 0.3) is 0 Å². The van der Waals surface area contributed by atoms with Crippen molar-refractivity contribution in [3.8, 4) is 6.07 Å². The van der Waals surface area contributed by atoms with Crippen molar-refractivity contribution in [2.24, 2.45) is 7.05 Å². The zero-order valence-electron chi connectivity index (χ0n) is 8.77. The highest BCUT2D eigenvalue weighted by molar-refractivity contribution is 9.10. The van der Waals surface area contributed by atoms with Gasteiger partial charge < -0.3 is 0 Å². The van der Waals surface area contributed by atoms with E-state index < -0.39 is 0 Å². The van der Waals surface area contributed by atoms with Gasteiger partial charge in [-0.05, 0) is 30.0 Å². The van der Waals surface area contributed by atoms with Gasteiger partial charge in [-0.3, -0.25) is 4.57 Å². The molecular formula is C10H7BrN4OS. The van der Waals surface area contributed by atoms with Crippen LogP contribution in [0.5, 0.6) is 0 Å². The van der Waals surface area contributed by atoms with Crippen LogP contribution in [0.1, 0.15) is 5.56 Å². The summed E-state index contributed by atoms with van der Waals surface area (Å²) in [5.41, 5.74) is 0.267. The van der Waals surface area contributed by atoms with Gasteiger partial charge in [0.1, 0.15) is 6.07 Å². The number of nitrogens with zero attached hydrogens (tertiary/aromatic N) is 3. The van der Waals surface area contributed by atoms with Crippen LogP contribution in [0.2, 0.25) is 0 Å². The average Bonchev–Trinajstić information content (AvgIpc) is 2.63. The molecule has 1 aromatic heterocycles. The topological polar surface area (TPSA) is 74.5 Å². The Labute approximate surface area is 110 Å². The van der Waals surface area contributed by atoms with Gasteiger partial charge in [0, 0.05) is 16.4 Å². The second-order valence-corrected chi connectivity index (χ2v) is 5.15. The van der Waals surface area contributed by atoms with Crippen molar-refractivity contribution < 1.29 is 0 Å². The second kappa shape index (κ2) is 4.77. The zero-order chi connectivity index (χ0) is 12.4. The minimum absolute atomic E-state index is 0.275. The van der Waals surface area contributed by atoms with E-state index in [-0.39, 0.29) is 5.69 Å². The number of aromatic nitrogens is 3. The first-order valence-electron chi connectivity index (χ1n) is 4.60. The zero-order valence-corrected chi connectivity index (χ0v) is 11.2. The van der Waals surface area contributed by atoms with Gasteiger partial charge in [0.15, 0.2) is 5.16 Å². The molecule has 0 saturated carbocycles. The number of H-pyrrole nitrogens is 1. The summed E-state index contributed by atoms with van der Waals surface area (Å²) in [6, 6.07) is 7.49. The quantitative estimate of drug-likeness (QED) is 0.919. The smallest absolute Gasteiger partial charge is 0.273 e. The molecule has 1 N–H and O–H groups in total. The summed E-state index contributed by atoms with van der Waals surface area (Å²) < 4.78 is 2.24. The van der Waals surface area contributed by atoms with Crippen molar-refractivity contribution in [3.63, 3.8) is 0 Å². The lowest BCUT2D eigenvalue weighted by atomic mass is 10.2. The van der Waals surface area contributed by atoms with Crippen LogP contribution in [0, 0.1) is 11.3 Å². The van der Waals surface area contributed by atoms with Gasteiger partial charge in [-0.25, -0.2) is 9.89 Å². The van der Waals surface area contributed by atoms with E-state index in [0.29, 0.717) is 10.7 Å². The van der Waals surface area contributed by atoms with E-state index in [9.17, 15) is 4.79 Å². The van der Waals surface area contributed by atoms with Gasteiger partial charge in [-0.15, -0.1) is 5.10 Å². The molecule has 2 aromatic rings. The fraction of sp³-hybridized carbons (Fsp3) is 0.100. The van der Waals surface area contributed by atoms with Gasteiger partial charge in [-0.2, -0.15) is 5.26 Å². The Bertz CT molecular complexity index is 655. The molecule has 7 heteroatoms. The first-order valence-corrected chi connectivity index (χ1v) is 6.21. The SMILES string of the molecule is Cn1c(Sc2ccc(Br)cc2C#N)n[nH]c1=O. The predicted octanol–water partition coefficient (Wildman–Crippen LogP) is 1.89. The summed E-state index contributed by atoms with van der Waals surface area (Å²) >= 11 is 4.58. The summed E-state index contributed by atoms with van der Waals surface area (Å²) in [6.07, 6.45) is 0. The summed E-state index contributed by atoms with van der Waals surface area (Å²) in [5, 5.41) is 15.8. The van der Waals surface area contributed by atoms with Crippen LogP contribution in [-0.4, -0.2) is 14.8 Å². The van der Waals surface area contributed by atoms with E-state index in [4.69, 9.17) is 5.26 Å². The van der Waals surface area contributed by atoms with Crippen molar-refractivity contribution in [2.75, 3.05) is 0 Å². The number of hydrogen-bond donors (Lipinski definition) is 1. The van der Waals surface area contributed by atoms with Crippen molar-refractivity contribution in [1.82, 2.24) is 14.8 Å². The number of aromatic amines is 1. The molecule has 0 spiro atoms. The molecule has 0 aliphatic carbocycles. The van der Waals surface area contributed by atoms with E-state index in [1.54, 1.807) is 13.1 Å². The second-order valence-electron chi connectivity index (χ2n) is 3.22. The Kier molecular flexibility index (Phi) is 3.36. The van der Waals surface area contributed by atoms with E-state index in [1.165, 1.54) is 16.3 Å². The van der Waals surface area contributed by atoms with Crippen LogP contribution in [-0.2, 0) is 7.05 Å². The fourth-order valence-electron chi connectivity index (χ4n) is 1.20. The maximum absolute atomic E-state index is 11.2. The highest BCUT2D eigenvalue weighted by atomic mass is 79.9. The predicted molar refractivity (Wildman–Crippen MR) is 66.8 cm³/mol. The first-order chi connectivity index (χ1) is 8.11. The molecule has 0 atom stereocenters. The van der Waals surface area contributed by atoms with Gasteiger partial charge >= 0.3 is 5.69 Å². The molecule has 0 aliphatic heterocycles. The number of rotatable bonds is 2. The third-order valence-electron chi connectivity index (χ3n) is 2.10. The Morgan fingerprint density at radius 3 is 2.94 bits per heavy atom. The Morgan fingerprint density at radius 2 is 2.35 bits per heavy atom. The number of nitrogens with one attached hydrogen (secondary N) is 1. The third kappa shape index (κ3) is 2.43. The Balaban J connectivity index is 2.40. The normalized spacial score (nSPS) is 10.2. The molecule has 5 nitrogen and oxygen atoms in total. The first kappa shape index (κ1) is 12.0. The molecule has 2 rings (SSSR count). The molecule has 0 amide bonds. The third-order valence-corrected chi connectivity index (χ3v) is 3.72. The lowest BCUT2D eigenvalue weighted by Gasteiger charge is -2.02. The van der Waals surface area contributed by atoms with E-state index in [0.717, 1.165) is 9.37 Å². The van der Waals surface area contributed by atoms with Crippen LogP contribution in [0.3, 0.4) is 0 Å². The molecule has 1 heterocycles. The van der Waals surface area contributed by atoms with Crippen molar-refractivity contribution in [1.29, 1.82) is 5.26 Å². The van der Waals surface area contributed by atoms with Crippen molar-refractivity contribution in [2.45, 2.75) is 10.1 Å². The van der Waals surface area contributed by atoms with Gasteiger partial charge in [-0.1, -0.05) is 15.9 Å². The molecule has 0 bridgehead atoms. The lowest BCUT2D eigenvalue weighted by Crippen LogP contribution is -2.12. The molecular weight excluding hydrogens is 304 g/mol. The molecule has 17 heavy (non-hydrogen) atoms. The van der Waals surface area contributed by atoms with Crippen LogP contribution in [0.4, 0.5) is 0 Å². The monoisotopic (exact) mass is 310 g/mol. The maximum Gasteiger partial charge on any atom is 0.343 e. The van der Waals surface area contributed by atoms with E-state index >= 15 is 0 Å². The van der Waals surface area contributed by atoms with Gasteiger partial charge in [0.2, 0.25) is 0 Å². The molecule has 0 fully saturated rings. The summed E-state index contributed by atoms with van der Waals surface area (Å²) in [7, 11) is 1.62. The number of nitriles is 1. The molecule has 86 valence electrons. The summed E-state index contributed by atoms with van der Waals surface area (Å²) in [5.74, 6) is 0. The molecule has 0 saturated heterocycles. The van der Waals surface area contributed by atoms with E-state index in [2.05, 4.69) is 32.2 Å². The highest BCUT2D eigenvalue weighted by Crippen LogP contribution is 2.29. The average molecular weight is 311 g/mol. The number of benzene rings is 1. The number of hydrogen-bond acceptors (Lipinski definition) is 4. The minimum Gasteiger partial charge on any atom is -0.273 e. The Morgan fingerprint density at radius 1 is 1.59 bits per heavy atom. The van der Waals surface area contributed by atoms with Gasteiger partial charge in [0.05, 0.1) is 5.56 Å². The van der Waals surface area contributed by atoms with Crippen LogP contribution < -0.4 is 5.69 Å². The molecule has 0 radical (unpaired) electrons. The number of halogens is 1. The lowest BCUT2D eigenvalue weighted by molar-refractivity contribution is 0.766.